The van der Waals surface area contributed by atoms with Gasteiger partial charge in [0.05, 0.1) is 33.5 Å². The molecule has 1 aliphatic rings. The highest BCUT2D eigenvalue weighted by Gasteiger charge is 2.23. The molecular formula is C8H10ClN3OS. The highest BCUT2D eigenvalue weighted by molar-refractivity contribution is 7.85. The van der Waals surface area contributed by atoms with Gasteiger partial charge in [-0.1, -0.05) is 11.6 Å². The second-order valence-corrected chi connectivity index (χ2v) is 5.16. The number of aromatic nitrogens is 2. The Kier molecular flexibility index (Phi) is 3.10. The van der Waals surface area contributed by atoms with Crippen LogP contribution < -0.4 is 5.32 Å². The minimum absolute atomic E-state index is 0.135. The summed E-state index contributed by atoms with van der Waals surface area (Å²) in [7, 11) is -1.11. The van der Waals surface area contributed by atoms with Crippen LogP contribution in [0.5, 0.6) is 0 Å². The normalized spacial score (nSPS) is 23.6. The molecule has 1 fully saturated rings. The average molecular weight is 232 g/mol. The molecule has 2 atom stereocenters. The van der Waals surface area contributed by atoms with Gasteiger partial charge in [0.15, 0.2) is 0 Å². The summed E-state index contributed by atoms with van der Waals surface area (Å²) >= 11 is 5.64. The van der Waals surface area contributed by atoms with Gasteiger partial charge in [-0.15, -0.1) is 0 Å². The number of hydrogen-bond acceptors (Lipinski definition) is 4. The van der Waals surface area contributed by atoms with E-state index in [4.69, 9.17) is 11.6 Å². The fourth-order valence-corrected chi connectivity index (χ4v) is 2.67. The predicted octanol–water partition coefficient (Wildman–Crippen LogP) is 0.599. The lowest BCUT2D eigenvalue weighted by atomic mass is 10.4. The third-order valence-electron chi connectivity index (χ3n) is 2.09. The first-order valence-electron chi connectivity index (χ1n) is 4.36. The van der Waals surface area contributed by atoms with Gasteiger partial charge >= 0.3 is 0 Å². The van der Waals surface area contributed by atoms with Crippen molar-refractivity contribution >= 4 is 22.4 Å². The number of rotatable bonds is 2. The van der Waals surface area contributed by atoms with E-state index >= 15 is 0 Å². The number of hydrogen-bond donors (Lipinski definition) is 1. The van der Waals surface area contributed by atoms with Crippen molar-refractivity contribution in [3.8, 4) is 0 Å². The lowest BCUT2D eigenvalue weighted by Crippen LogP contribution is -2.20. The minimum atomic E-state index is -1.11. The molecule has 1 aromatic heterocycles. The van der Waals surface area contributed by atoms with Crippen molar-refractivity contribution in [3.05, 3.63) is 17.4 Å². The Bertz CT molecular complexity index is 337. The Labute approximate surface area is 89.6 Å². The van der Waals surface area contributed by atoms with Crippen molar-refractivity contribution in [2.75, 3.05) is 13.1 Å². The van der Waals surface area contributed by atoms with E-state index in [0.29, 0.717) is 10.2 Å². The van der Waals surface area contributed by atoms with Crippen LogP contribution in [0.25, 0.3) is 0 Å². The van der Waals surface area contributed by atoms with E-state index in [-0.39, 0.29) is 5.25 Å². The zero-order chi connectivity index (χ0) is 9.97. The molecule has 6 heteroatoms. The molecular weight excluding hydrogens is 222 g/mol. The summed E-state index contributed by atoms with van der Waals surface area (Å²) in [6.45, 7) is 1.70. The van der Waals surface area contributed by atoms with Crippen LogP contribution in [0.3, 0.4) is 0 Å². The van der Waals surface area contributed by atoms with Crippen molar-refractivity contribution in [2.45, 2.75) is 16.8 Å². The van der Waals surface area contributed by atoms with Gasteiger partial charge in [-0.2, -0.15) is 0 Å². The molecule has 0 aliphatic carbocycles. The van der Waals surface area contributed by atoms with Gasteiger partial charge in [0.1, 0.15) is 0 Å². The van der Waals surface area contributed by atoms with Gasteiger partial charge in [0, 0.05) is 6.54 Å². The van der Waals surface area contributed by atoms with Gasteiger partial charge in [0.2, 0.25) is 5.16 Å². The molecule has 14 heavy (non-hydrogen) atoms. The lowest BCUT2D eigenvalue weighted by Gasteiger charge is -2.05. The Morgan fingerprint density at radius 1 is 1.50 bits per heavy atom. The Morgan fingerprint density at radius 3 is 2.79 bits per heavy atom. The molecule has 0 radical (unpaired) electrons. The minimum Gasteiger partial charge on any atom is -0.315 e. The Morgan fingerprint density at radius 2 is 2.21 bits per heavy atom. The molecule has 2 rings (SSSR count). The fourth-order valence-electron chi connectivity index (χ4n) is 1.36. The molecule has 0 bridgehead atoms. The maximum absolute atomic E-state index is 11.9. The Hall–Kier alpha value is -0.520. The first kappa shape index (κ1) is 10.0. The van der Waals surface area contributed by atoms with Crippen molar-refractivity contribution in [2.24, 2.45) is 0 Å². The van der Waals surface area contributed by atoms with Crippen LogP contribution in [-0.4, -0.2) is 32.5 Å². The maximum atomic E-state index is 11.9. The number of halogens is 1. The van der Waals surface area contributed by atoms with E-state index < -0.39 is 10.8 Å². The van der Waals surface area contributed by atoms with E-state index in [0.717, 1.165) is 19.5 Å². The van der Waals surface area contributed by atoms with E-state index in [1.807, 2.05) is 0 Å². The summed E-state index contributed by atoms with van der Waals surface area (Å²) in [5, 5.41) is 4.14. The van der Waals surface area contributed by atoms with Gasteiger partial charge < -0.3 is 5.32 Å². The van der Waals surface area contributed by atoms with Crippen LogP contribution in [0.15, 0.2) is 17.6 Å². The zero-order valence-corrected chi connectivity index (χ0v) is 9.01. The summed E-state index contributed by atoms with van der Waals surface area (Å²) < 4.78 is 11.9. The third-order valence-corrected chi connectivity index (χ3v) is 3.87. The van der Waals surface area contributed by atoms with E-state index in [9.17, 15) is 4.21 Å². The summed E-state index contributed by atoms with van der Waals surface area (Å²) in [6, 6.07) is 0. The number of nitrogens with one attached hydrogen (secondary N) is 1. The summed E-state index contributed by atoms with van der Waals surface area (Å²) in [6.07, 6.45) is 3.87. The van der Waals surface area contributed by atoms with Crippen LogP contribution in [0.2, 0.25) is 5.02 Å². The molecule has 1 aliphatic heterocycles. The van der Waals surface area contributed by atoms with E-state index in [1.54, 1.807) is 0 Å². The van der Waals surface area contributed by atoms with Crippen molar-refractivity contribution in [3.63, 3.8) is 0 Å². The monoisotopic (exact) mass is 231 g/mol. The van der Waals surface area contributed by atoms with Crippen molar-refractivity contribution in [1.29, 1.82) is 0 Å². The van der Waals surface area contributed by atoms with Crippen LogP contribution in [0, 0.1) is 0 Å². The van der Waals surface area contributed by atoms with E-state index in [1.165, 1.54) is 12.4 Å². The smallest absolute Gasteiger partial charge is 0.218 e. The van der Waals surface area contributed by atoms with Crippen molar-refractivity contribution in [1.82, 2.24) is 15.3 Å². The summed E-state index contributed by atoms with van der Waals surface area (Å²) in [5.41, 5.74) is 0. The SMILES string of the molecule is O=S(c1ncc(Cl)cn1)[C@@H]1CCNC1. The molecule has 0 amide bonds. The Balaban J connectivity index is 2.14. The topological polar surface area (TPSA) is 54.9 Å². The third kappa shape index (κ3) is 2.10. The highest BCUT2D eigenvalue weighted by atomic mass is 35.5. The van der Waals surface area contributed by atoms with E-state index in [2.05, 4.69) is 15.3 Å². The van der Waals surface area contributed by atoms with Gasteiger partial charge in [-0.25, -0.2) is 9.97 Å². The molecule has 76 valence electrons. The van der Waals surface area contributed by atoms with Crippen molar-refractivity contribution < 1.29 is 4.21 Å². The predicted molar refractivity (Wildman–Crippen MR) is 54.7 cm³/mol. The van der Waals surface area contributed by atoms with Crippen LogP contribution in [-0.2, 0) is 10.8 Å². The lowest BCUT2D eigenvalue weighted by molar-refractivity contribution is 0.664. The van der Waals surface area contributed by atoms with Gasteiger partial charge in [-0.05, 0) is 13.0 Å². The maximum Gasteiger partial charge on any atom is 0.218 e. The van der Waals surface area contributed by atoms with Crippen LogP contribution in [0.1, 0.15) is 6.42 Å². The average Bonchev–Trinajstić information content (AvgIpc) is 2.71. The second kappa shape index (κ2) is 4.33. The molecule has 0 saturated carbocycles. The molecule has 1 unspecified atom stereocenters. The van der Waals surface area contributed by atoms with Gasteiger partial charge in [0.25, 0.3) is 0 Å². The standard InChI is InChI=1S/C8H10ClN3OS/c9-6-3-11-8(12-4-6)14(13)7-1-2-10-5-7/h3-4,7,10H,1-2,5H2/t7-,14?/m1/s1. The molecule has 2 heterocycles. The van der Waals surface area contributed by atoms with Crippen LogP contribution in [0.4, 0.5) is 0 Å². The van der Waals surface area contributed by atoms with Gasteiger partial charge in [-0.3, -0.25) is 4.21 Å². The molecule has 0 aromatic carbocycles. The molecule has 1 aromatic rings. The second-order valence-electron chi connectivity index (χ2n) is 3.10. The molecule has 1 saturated heterocycles. The molecule has 0 spiro atoms. The zero-order valence-electron chi connectivity index (χ0n) is 7.44. The molecule has 1 N–H and O–H groups in total. The highest BCUT2D eigenvalue weighted by Crippen LogP contribution is 2.13. The quantitative estimate of drug-likeness (QED) is 0.758. The first-order valence-corrected chi connectivity index (χ1v) is 5.95. The first-order chi connectivity index (χ1) is 6.77. The fraction of sp³-hybridized carbons (Fsp3) is 0.500. The molecule has 4 nitrogen and oxygen atoms in total. The summed E-state index contributed by atoms with van der Waals surface area (Å²) in [5.74, 6) is 0. The summed E-state index contributed by atoms with van der Waals surface area (Å²) in [4.78, 5) is 7.90. The largest absolute Gasteiger partial charge is 0.315 e. The number of nitrogens with zero attached hydrogens (tertiary/aromatic N) is 2. The van der Waals surface area contributed by atoms with Crippen LogP contribution >= 0.6 is 11.6 Å².